The molecule has 6 atom stereocenters. The summed E-state index contributed by atoms with van der Waals surface area (Å²) in [6.45, 7) is 3.28. The number of fused-ring (bicyclic) bond motifs is 1. The van der Waals surface area contributed by atoms with Gasteiger partial charge in [-0.1, -0.05) is 12.1 Å². The molecule has 36 heavy (non-hydrogen) atoms. The van der Waals surface area contributed by atoms with Crippen molar-refractivity contribution in [2.75, 3.05) is 26.7 Å². The fraction of sp³-hybridized carbons (Fsp3) is 0.600. The summed E-state index contributed by atoms with van der Waals surface area (Å²) in [5.41, 5.74) is 3.69. The summed E-state index contributed by atoms with van der Waals surface area (Å²) in [5.74, 6) is 2.88. The van der Waals surface area contributed by atoms with Gasteiger partial charge in [-0.05, 0) is 104 Å². The van der Waals surface area contributed by atoms with Crippen molar-refractivity contribution in [1.82, 2.24) is 14.8 Å². The summed E-state index contributed by atoms with van der Waals surface area (Å²) in [4.78, 5) is 33.5. The van der Waals surface area contributed by atoms with Crippen LogP contribution in [0, 0.1) is 23.2 Å². The lowest BCUT2D eigenvalue weighted by Gasteiger charge is -2.66. The zero-order valence-corrected chi connectivity index (χ0v) is 21.0. The van der Waals surface area contributed by atoms with E-state index in [1.807, 2.05) is 0 Å². The van der Waals surface area contributed by atoms with E-state index in [1.165, 1.54) is 62.4 Å². The summed E-state index contributed by atoms with van der Waals surface area (Å²) in [5, 5.41) is 0. The van der Waals surface area contributed by atoms with Crippen LogP contribution in [0.1, 0.15) is 60.1 Å². The number of pyridine rings is 1. The number of nitrogens with one attached hydrogen (secondary N) is 1. The first-order chi connectivity index (χ1) is 17.5. The summed E-state index contributed by atoms with van der Waals surface area (Å²) >= 11 is 0. The number of piperidine rings is 1. The maximum atomic E-state index is 13.7. The second kappa shape index (κ2) is 7.25. The van der Waals surface area contributed by atoms with Crippen LogP contribution < -0.4 is 10.3 Å². The summed E-state index contributed by atoms with van der Waals surface area (Å²) in [6, 6.07) is 12.6. The largest absolute Gasteiger partial charge is 0.497 e. The van der Waals surface area contributed by atoms with Crippen LogP contribution in [-0.4, -0.2) is 59.5 Å². The van der Waals surface area contributed by atoms with Gasteiger partial charge < -0.3 is 14.6 Å². The SMILES string of the molecule is COc1ccc2c(c1)C13CCN(CC4CC4)C(C2)C12CCC1C3[C@@H](CN1C(=O)c1cccc(=O)[nH]1)C2. The Morgan fingerprint density at radius 1 is 1.17 bits per heavy atom. The molecule has 6 heteroatoms. The lowest BCUT2D eigenvalue weighted by atomic mass is 9.43. The van der Waals surface area contributed by atoms with Crippen molar-refractivity contribution >= 4 is 5.91 Å². The topological polar surface area (TPSA) is 65.6 Å². The molecule has 188 valence electrons. The van der Waals surface area contributed by atoms with Gasteiger partial charge in [0.1, 0.15) is 11.4 Å². The van der Waals surface area contributed by atoms with E-state index in [0.717, 1.165) is 31.1 Å². The van der Waals surface area contributed by atoms with Crippen LogP contribution in [0.5, 0.6) is 5.75 Å². The number of hydrogen-bond acceptors (Lipinski definition) is 4. The van der Waals surface area contributed by atoms with Gasteiger partial charge in [0, 0.05) is 36.7 Å². The lowest BCUT2D eigenvalue weighted by molar-refractivity contribution is -0.102. The van der Waals surface area contributed by atoms with Gasteiger partial charge in [-0.2, -0.15) is 0 Å². The third kappa shape index (κ3) is 2.61. The Labute approximate surface area is 212 Å². The summed E-state index contributed by atoms with van der Waals surface area (Å²) in [6.07, 6.45) is 8.67. The van der Waals surface area contributed by atoms with Crippen molar-refractivity contribution in [3.63, 3.8) is 0 Å². The highest BCUT2D eigenvalue weighted by Gasteiger charge is 2.76. The van der Waals surface area contributed by atoms with E-state index in [9.17, 15) is 9.59 Å². The van der Waals surface area contributed by atoms with Gasteiger partial charge in [0.05, 0.1) is 7.11 Å². The normalized spacial score (nSPS) is 38.0. The molecule has 1 amide bonds. The Hall–Kier alpha value is -2.60. The molecule has 2 aromatic rings. The van der Waals surface area contributed by atoms with Crippen LogP contribution in [-0.2, 0) is 11.8 Å². The molecule has 8 rings (SSSR count). The number of rotatable bonds is 4. The quantitative estimate of drug-likeness (QED) is 0.719. The molecular weight excluding hydrogens is 450 g/mol. The number of likely N-dealkylation sites (tertiary alicyclic amines) is 2. The number of aromatic nitrogens is 1. The molecule has 5 fully saturated rings. The maximum absolute atomic E-state index is 13.7. The molecule has 6 aliphatic rings. The summed E-state index contributed by atoms with van der Waals surface area (Å²) < 4.78 is 5.75. The number of nitrogens with zero attached hydrogens (tertiary/aromatic N) is 2. The number of amides is 1. The van der Waals surface area contributed by atoms with E-state index in [-0.39, 0.29) is 22.9 Å². The number of H-pyrrole nitrogens is 1. The second-order valence-electron chi connectivity index (χ2n) is 12.5. The van der Waals surface area contributed by atoms with Crippen molar-refractivity contribution in [3.8, 4) is 5.75 Å². The first-order valence-corrected chi connectivity index (χ1v) is 14.0. The van der Waals surface area contributed by atoms with E-state index in [2.05, 4.69) is 33.0 Å². The average molecular weight is 486 g/mol. The molecule has 5 unspecified atom stereocenters. The first-order valence-electron chi connectivity index (χ1n) is 14.0. The molecule has 2 saturated heterocycles. The Bertz CT molecular complexity index is 1320. The van der Waals surface area contributed by atoms with Gasteiger partial charge in [-0.15, -0.1) is 0 Å². The zero-order valence-electron chi connectivity index (χ0n) is 21.0. The minimum absolute atomic E-state index is 0.000365. The molecule has 0 spiro atoms. The maximum Gasteiger partial charge on any atom is 0.270 e. The third-order valence-corrected chi connectivity index (χ3v) is 11.3. The van der Waals surface area contributed by atoms with E-state index in [1.54, 1.807) is 19.2 Å². The highest BCUT2D eigenvalue weighted by molar-refractivity contribution is 5.92. The fourth-order valence-corrected chi connectivity index (χ4v) is 10.0. The molecule has 3 heterocycles. The van der Waals surface area contributed by atoms with Gasteiger partial charge >= 0.3 is 0 Å². The van der Waals surface area contributed by atoms with Crippen LogP contribution in [0.2, 0.25) is 0 Å². The lowest BCUT2D eigenvalue weighted by Crippen LogP contribution is -2.70. The number of methoxy groups -OCH3 is 1. The fourth-order valence-electron chi connectivity index (χ4n) is 10.0. The van der Waals surface area contributed by atoms with Crippen molar-refractivity contribution in [2.24, 2.45) is 23.2 Å². The van der Waals surface area contributed by atoms with E-state index < -0.39 is 0 Å². The molecular formula is C30H35N3O3. The summed E-state index contributed by atoms with van der Waals surface area (Å²) in [7, 11) is 1.78. The van der Waals surface area contributed by atoms with Gasteiger partial charge in [0.25, 0.3) is 5.91 Å². The van der Waals surface area contributed by atoms with Crippen LogP contribution in [0.4, 0.5) is 0 Å². The Balaban J connectivity index is 1.25. The predicted octanol–water partition coefficient (Wildman–Crippen LogP) is 3.60. The van der Waals surface area contributed by atoms with Gasteiger partial charge in [0.2, 0.25) is 5.56 Å². The van der Waals surface area contributed by atoms with Crippen LogP contribution in [0.15, 0.2) is 41.2 Å². The predicted molar refractivity (Wildman–Crippen MR) is 136 cm³/mol. The van der Waals surface area contributed by atoms with Crippen LogP contribution >= 0.6 is 0 Å². The van der Waals surface area contributed by atoms with Gasteiger partial charge in [-0.25, -0.2) is 0 Å². The third-order valence-electron chi connectivity index (χ3n) is 11.3. The highest BCUT2D eigenvalue weighted by atomic mass is 16.5. The smallest absolute Gasteiger partial charge is 0.270 e. The van der Waals surface area contributed by atoms with Crippen LogP contribution in [0.25, 0.3) is 0 Å². The Morgan fingerprint density at radius 2 is 2.06 bits per heavy atom. The van der Waals surface area contributed by atoms with E-state index >= 15 is 0 Å². The number of ether oxygens (including phenoxy) is 1. The van der Waals surface area contributed by atoms with Crippen molar-refractivity contribution in [2.45, 2.75) is 62.4 Å². The Kier molecular flexibility index (Phi) is 4.32. The second-order valence-corrected chi connectivity index (χ2v) is 12.5. The number of hydrogen-bond donors (Lipinski definition) is 1. The van der Waals surface area contributed by atoms with E-state index in [4.69, 9.17) is 4.74 Å². The molecule has 2 aliphatic heterocycles. The standard InChI is InChI=1S/C30H35N3O3/c1-36-21-8-7-19-13-25-29-10-9-24-27(30(29,22(19)14-21)11-12-32(25)16-18-5-6-18)20(15-29)17-33(24)28(35)23-3-2-4-26(34)31-23/h2-4,7-8,14,18,20,24-25,27H,5-6,9-13,15-17H2,1H3,(H,31,34)/t20-,24?,25?,27?,29?,30?/m1/s1. The number of carbonyl (C=O) groups is 1. The van der Waals surface area contributed by atoms with Gasteiger partial charge in [-0.3, -0.25) is 14.5 Å². The molecule has 4 bridgehead atoms. The van der Waals surface area contributed by atoms with Crippen LogP contribution in [0.3, 0.4) is 0 Å². The molecule has 1 aromatic carbocycles. The van der Waals surface area contributed by atoms with Crippen molar-refractivity contribution in [1.29, 1.82) is 0 Å². The average Bonchev–Trinajstić information content (AvgIpc) is 3.58. The number of aromatic amines is 1. The van der Waals surface area contributed by atoms with Gasteiger partial charge in [0.15, 0.2) is 0 Å². The van der Waals surface area contributed by atoms with Crippen molar-refractivity contribution < 1.29 is 9.53 Å². The minimum Gasteiger partial charge on any atom is -0.497 e. The first kappa shape index (κ1) is 21.5. The molecule has 6 nitrogen and oxygen atoms in total. The monoisotopic (exact) mass is 485 g/mol. The van der Waals surface area contributed by atoms with E-state index in [0.29, 0.717) is 29.0 Å². The molecule has 4 aliphatic carbocycles. The molecule has 0 radical (unpaired) electrons. The molecule has 1 aromatic heterocycles. The zero-order chi connectivity index (χ0) is 24.2. The molecule has 1 N–H and O–H groups in total. The highest BCUT2D eigenvalue weighted by Crippen LogP contribution is 2.75. The number of carbonyl (C=O) groups excluding carboxylic acids is 1. The molecule has 3 saturated carbocycles. The number of benzene rings is 1. The van der Waals surface area contributed by atoms with Crippen molar-refractivity contribution in [3.05, 3.63) is 63.6 Å². The minimum atomic E-state index is -0.208. The Morgan fingerprint density at radius 3 is 2.86 bits per heavy atom.